The summed E-state index contributed by atoms with van der Waals surface area (Å²) in [5.74, 6) is 1.48. The van der Waals surface area contributed by atoms with E-state index >= 15 is 0 Å². The Morgan fingerprint density at radius 1 is 0.833 bits per heavy atom. The summed E-state index contributed by atoms with van der Waals surface area (Å²) in [4.78, 5) is 8.78. The lowest BCUT2D eigenvalue weighted by atomic mass is 10.1. The summed E-state index contributed by atoms with van der Waals surface area (Å²) in [6.07, 6.45) is 2.72. The molecular weight excluding hydrogens is 296 g/mol. The highest BCUT2D eigenvalue weighted by Crippen LogP contribution is 2.09. The Morgan fingerprint density at radius 3 is 2.42 bits per heavy atom. The molecule has 3 aromatic rings. The van der Waals surface area contributed by atoms with E-state index < -0.39 is 0 Å². The summed E-state index contributed by atoms with van der Waals surface area (Å²) in [6.45, 7) is 3.65. The molecule has 0 atom stereocenters. The van der Waals surface area contributed by atoms with Gasteiger partial charge in [0.15, 0.2) is 0 Å². The van der Waals surface area contributed by atoms with Crippen LogP contribution in [0.2, 0.25) is 0 Å². The first kappa shape index (κ1) is 16.0. The van der Waals surface area contributed by atoms with Crippen molar-refractivity contribution in [2.24, 2.45) is 0 Å². The maximum atomic E-state index is 4.50. The van der Waals surface area contributed by atoms with E-state index in [4.69, 9.17) is 0 Å². The minimum Gasteiger partial charge on any atom is -0.366 e. The van der Waals surface area contributed by atoms with Crippen molar-refractivity contribution in [1.82, 2.24) is 9.97 Å². The van der Waals surface area contributed by atoms with Gasteiger partial charge in [0.25, 0.3) is 0 Å². The van der Waals surface area contributed by atoms with E-state index in [0.29, 0.717) is 5.95 Å². The molecule has 2 aromatic carbocycles. The van der Waals surface area contributed by atoms with Gasteiger partial charge in [-0.1, -0.05) is 60.2 Å². The van der Waals surface area contributed by atoms with E-state index in [1.54, 1.807) is 6.20 Å². The van der Waals surface area contributed by atoms with Crippen molar-refractivity contribution in [3.05, 3.63) is 83.6 Å². The lowest BCUT2D eigenvalue weighted by Crippen LogP contribution is -2.09. The zero-order valence-electron chi connectivity index (χ0n) is 13.9. The predicted molar refractivity (Wildman–Crippen MR) is 99.2 cm³/mol. The summed E-state index contributed by atoms with van der Waals surface area (Å²) >= 11 is 0. The molecule has 1 heterocycles. The average Bonchev–Trinajstić information content (AvgIpc) is 2.63. The molecule has 1 aromatic heterocycles. The number of rotatable bonds is 7. The van der Waals surface area contributed by atoms with Crippen LogP contribution >= 0.6 is 0 Å². The predicted octanol–water partition coefficient (Wildman–Crippen LogP) is 4.05. The molecule has 0 radical (unpaired) electrons. The third kappa shape index (κ3) is 4.81. The van der Waals surface area contributed by atoms with Gasteiger partial charge in [-0.3, -0.25) is 0 Å². The summed E-state index contributed by atoms with van der Waals surface area (Å²) in [5.41, 5.74) is 3.81. The van der Waals surface area contributed by atoms with E-state index in [-0.39, 0.29) is 0 Å². The molecule has 0 aliphatic carbocycles. The highest BCUT2D eigenvalue weighted by atomic mass is 15.1. The fourth-order valence-corrected chi connectivity index (χ4v) is 2.40. The maximum Gasteiger partial charge on any atom is 0.224 e. The fraction of sp³-hybridized carbons (Fsp3) is 0.200. The zero-order chi connectivity index (χ0) is 16.6. The van der Waals surface area contributed by atoms with Crippen LogP contribution in [0, 0.1) is 6.92 Å². The molecule has 0 saturated carbocycles. The van der Waals surface area contributed by atoms with Crippen molar-refractivity contribution in [3.8, 4) is 0 Å². The summed E-state index contributed by atoms with van der Waals surface area (Å²) in [6, 6.07) is 20.8. The zero-order valence-corrected chi connectivity index (χ0v) is 13.9. The monoisotopic (exact) mass is 318 g/mol. The molecule has 4 nitrogen and oxygen atoms in total. The second-order valence-corrected chi connectivity index (χ2v) is 5.77. The number of hydrogen-bond acceptors (Lipinski definition) is 4. The smallest absolute Gasteiger partial charge is 0.224 e. The lowest BCUT2D eigenvalue weighted by molar-refractivity contribution is 0.979. The van der Waals surface area contributed by atoms with Gasteiger partial charge in [-0.05, 0) is 30.5 Å². The van der Waals surface area contributed by atoms with Crippen LogP contribution in [0.15, 0.2) is 66.9 Å². The van der Waals surface area contributed by atoms with E-state index in [2.05, 4.69) is 76.1 Å². The molecule has 0 fully saturated rings. The van der Waals surface area contributed by atoms with Crippen LogP contribution in [0.4, 0.5) is 11.8 Å². The quantitative estimate of drug-likeness (QED) is 0.690. The molecular formula is C20H22N4. The van der Waals surface area contributed by atoms with E-state index in [1.807, 2.05) is 12.1 Å². The molecule has 122 valence electrons. The molecule has 2 N–H and O–H groups in total. The van der Waals surface area contributed by atoms with Crippen LogP contribution in [0.25, 0.3) is 0 Å². The van der Waals surface area contributed by atoms with Crippen molar-refractivity contribution < 1.29 is 0 Å². The topological polar surface area (TPSA) is 49.8 Å². The number of benzene rings is 2. The second kappa shape index (κ2) is 8.11. The molecule has 0 aliphatic heterocycles. The summed E-state index contributed by atoms with van der Waals surface area (Å²) in [7, 11) is 0. The van der Waals surface area contributed by atoms with E-state index in [1.165, 1.54) is 16.7 Å². The first-order valence-corrected chi connectivity index (χ1v) is 8.20. The van der Waals surface area contributed by atoms with Crippen molar-refractivity contribution in [2.45, 2.75) is 19.9 Å². The Bertz CT molecular complexity index is 754. The number of nitrogens with zero attached hydrogens (tertiary/aromatic N) is 2. The lowest BCUT2D eigenvalue weighted by Gasteiger charge is -2.09. The van der Waals surface area contributed by atoms with E-state index in [0.717, 1.165) is 25.3 Å². The SMILES string of the molecule is Cc1ccc(CNc2ccnc(NCCc3ccccc3)n2)cc1. The van der Waals surface area contributed by atoms with Gasteiger partial charge >= 0.3 is 0 Å². The van der Waals surface area contributed by atoms with E-state index in [9.17, 15) is 0 Å². The molecule has 0 bridgehead atoms. The van der Waals surface area contributed by atoms with Crippen molar-refractivity contribution in [3.63, 3.8) is 0 Å². The Balaban J connectivity index is 1.51. The van der Waals surface area contributed by atoms with Crippen LogP contribution in [0.3, 0.4) is 0 Å². The Hall–Kier alpha value is -2.88. The third-order valence-corrected chi connectivity index (χ3v) is 3.79. The Labute approximate surface area is 143 Å². The van der Waals surface area contributed by atoms with Crippen LogP contribution < -0.4 is 10.6 Å². The summed E-state index contributed by atoms with van der Waals surface area (Å²) < 4.78 is 0. The molecule has 0 aliphatic rings. The van der Waals surface area contributed by atoms with Crippen molar-refractivity contribution in [2.75, 3.05) is 17.2 Å². The third-order valence-electron chi connectivity index (χ3n) is 3.79. The fourth-order valence-electron chi connectivity index (χ4n) is 2.40. The van der Waals surface area contributed by atoms with Gasteiger partial charge in [-0.25, -0.2) is 4.98 Å². The normalized spacial score (nSPS) is 10.4. The molecule has 0 unspecified atom stereocenters. The average molecular weight is 318 g/mol. The van der Waals surface area contributed by atoms with Gasteiger partial charge in [-0.15, -0.1) is 0 Å². The molecule has 0 saturated heterocycles. The minimum absolute atomic E-state index is 0.653. The number of anilines is 2. The second-order valence-electron chi connectivity index (χ2n) is 5.77. The van der Waals surface area contributed by atoms with Gasteiger partial charge < -0.3 is 10.6 Å². The van der Waals surface area contributed by atoms with Crippen LogP contribution in [0.1, 0.15) is 16.7 Å². The molecule has 3 rings (SSSR count). The van der Waals surface area contributed by atoms with Gasteiger partial charge in [0.05, 0.1) is 0 Å². The van der Waals surface area contributed by atoms with Gasteiger partial charge in [0.1, 0.15) is 5.82 Å². The van der Waals surface area contributed by atoms with Gasteiger partial charge in [0.2, 0.25) is 5.95 Å². The molecule has 4 heteroatoms. The van der Waals surface area contributed by atoms with Gasteiger partial charge in [-0.2, -0.15) is 4.98 Å². The highest BCUT2D eigenvalue weighted by Gasteiger charge is 2.00. The van der Waals surface area contributed by atoms with Gasteiger partial charge in [0, 0.05) is 19.3 Å². The molecule has 0 spiro atoms. The van der Waals surface area contributed by atoms with Crippen LogP contribution in [0.5, 0.6) is 0 Å². The summed E-state index contributed by atoms with van der Waals surface area (Å²) in [5, 5.41) is 6.61. The molecule has 0 amide bonds. The van der Waals surface area contributed by atoms with Crippen molar-refractivity contribution >= 4 is 11.8 Å². The number of aryl methyl sites for hydroxylation is 1. The van der Waals surface area contributed by atoms with Crippen LogP contribution in [-0.2, 0) is 13.0 Å². The highest BCUT2D eigenvalue weighted by molar-refractivity contribution is 5.40. The first-order valence-electron chi connectivity index (χ1n) is 8.20. The maximum absolute atomic E-state index is 4.50. The molecule has 24 heavy (non-hydrogen) atoms. The number of hydrogen-bond donors (Lipinski definition) is 2. The van der Waals surface area contributed by atoms with Crippen molar-refractivity contribution in [1.29, 1.82) is 0 Å². The number of aromatic nitrogens is 2. The largest absolute Gasteiger partial charge is 0.366 e. The Kier molecular flexibility index (Phi) is 5.40. The first-order chi connectivity index (χ1) is 11.8. The Morgan fingerprint density at radius 2 is 1.62 bits per heavy atom. The standard InChI is InChI=1S/C20H22N4/c1-16-7-9-18(10-8-16)15-23-19-12-14-22-20(24-19)21-13-11-17-5-3-2-4-6-17/h2-10,12,14H,11,13,15H2,1H3,(H2,21,22,23,24). The number of nitrogens with one attached hydrogen (secondary N) is 2. The van der Waals surface area contributed by atoms with Crippen LogP contribution in [-0.4, -0.2) is 16.5 Å². The minimum atomic E-state index is 0.653.